The lowest BCUT2D eigenvalue weighted by Gasteiger charge is -2.18. The first-order valence-electron chi connectivity index (χ1n) is 5.97. The van der Waals surface area contributed by atoms with E-state index < -0.39 is 0 Å². The maximum absolute atomic E-state index is 12.4. The van der Waals surface area contributed by atoms with Crippen LogP contribution < -0.4 is 11.3 Å². The number of hydrogen-bond acceptors (Lipinski definition) is 4. The molecule has 0 saturated heterocycles. The first kappa shape index (κ1) is 13.6. The average molecular weight is 275 g/mol. The molecule has 1 aromatic heterocycles. The quantitative estimate of drug-likeness (QED) is 0.666. The van der Waals surface area contributed by atoms with Gasteiger partial charge >= 0.3 is 0 Å². The smallest absolute Gasteiger partial charge is 0.254 e. The zero-order valence-corrected chi connectivity index (χ0v) is 11.8. The fourth-order valence-corrected chi connectivity index (χ4v) is 2.66. The molecule has 0 spiro atoms. The molecule has 1 aromatic carbocycles. The normalized spacial score (nSPS) is 10.3. The summed E-state index contributed by atoms with van der Waals surface area (Å²) >= 11 is 1.65. The monoisotopic (exact) mass is 275 g/mol. The van der Waals surface area contributed by atoms with Crippen LogP contribution in [-0.4, -0.2) is 17.9 Å². The van der Waals surface area contributed by atoms with E-state index in [9.17, 15) is 4.79 Å². The van der Waals surface area contributed by atoms with Crippen LogP contribution in [0.3, 0.4) is 0 Å². The van der Waals surface area contributed by atoms with E-state index in [0.29, 0.717) is 12.1 Å². The van der Waals surface area contributed by atoms with Gasteiger partial charge in [0.15, 0.2) is 0 Å². The van der Waals surface area contributed by atoms with Crippen molar-refractivity contribution in [3.63, 3.8) is 0 Å². The van der Waals surface area contributed by atoms with Crippen LogP contribution in [0.1, 0.15) is 20.8 Å². The van der Waals surface area contributed by atoms with Crippen LogP contribution in [0.5, 0.6) is 0 Å². The third-order valence-corrected chi connectivity index (χ3v) is 3.80. The molecule has 0 atom stereocenters. The summed E-state index contributed by atoms with van der Waals surface area (Å²) in [6, 6.07) is 9.50. The van der Waals surface area contributed by atoms with E-state index in [1.807, 2.05) is 37.6 Å². The summed E-state index contributed by atoms with van der Waals surface area (Å²) < 4.78 is 0. The largest absolute Gasteiger partial charge is 0.337 e. The van der Waals surface area contributed by atoms with Crippen molar-refractivity contribution in [2.45, 2.75) is 13.5 Å². The molecule has 0 fully saturated rings. The standard InChI is InChI=1S/C14H17N3OS/c1-10-8-11(16-15)5-6-13(10)14(18)17(2)9-12-4-3-7-19-12/h3-8,16H,9,15H2,1-2H3. The van der Waals surface area contributed by atoms with Crippen molar-refractivity contribution in [2.24, 2.45) is 5.84 Å². The van der Waals surface area contributed by atoms with Crippen LogP contribution in [0.4, 0.5) is 5.69 Å². The number of carbonyl (C=O) groups is 1. The summed E-state index contributed by atoms with van der Waals surface area (Å²) in [6.45, 7) is 2.54. The van der Waals surface area contributed by atoms with Crippen molar-refractivity contribution < 1.29 is 4.79 Å². The molecule has 0 unspecified atom stereocenters. The Hall–Kier alpha value is -1.85. The molecule has 0 aliphatic carbocycles. The molecule has 1 amide bonds. The number of rotatable bonds is 4. The van der Waals surface area contributed by atoms with E-state index in [1.165, 1.54) is 4.88 Å². The third kappa shape index (κ3) is 3.13. The van der Waals surface area contributed by atoms with Gasteiger partial charge in [-0.15, -0.1) is 11.3 Å². The number of nitrogens with two attached hydrogens (primary N) is 1. The molecule has 0 aliphatic heterocycles. The number of thiophene rings is 1. The lowest BCUT2D eigenvalue weighted by molar-refractivity contribution is 0.0786. The van der Waals surface area contributed by atoms with Crippen molar-refractivity contribution in [1.82, 2.24) is 4.90 Å². The van der Waals surface area contributed by atoms with Crippen molar-refractivity contribution in [1.29, 1.82) is 0 Å². The number of amides is 1. The van der Waals surface area contributed by atoms with Gasteiger partial charge in [0.1, 0.15) is 0 Å². The molecule has 1 heterocycles. The number of nitrogen functional groups attached to an aromatic ring is 1. The number of carbonyl (C=O) groups excluding carboxylic acids is 1. The minimum atomic E-state index is 0.0227. The minimum absolute atomic E-state index is 0.0227. The summed E-state index contributed by atoms with van der Waals surface area (Å²) in [5.41, 5.74) is 5.00. The highest BCUT2D eigenvalue weighted by Crippen LogP contribution is 2.18. The zero-order valence-electron chi connectivity index (χ0n) is 11.0. The van der Waals surface area contributed by atoms with Crippen molar-refractivity contribution in [3.8, 4) is 0 Å². The summed E-state index contributed by atoms with van der Waals surface area (Å²) in [5, 5.41) is 2.01. The predicted molar refractivity (Wildman–Crippen MR) is 79.1 cm³/mol. The Kier molecular flexibility index (Phi) is 4.19. The Bertz CT molecular complexity index is 566. The van der Waals surface area contributed by atoms with Gasteiger partial charge in [0.2, 0.25) is 0 Å². The van der Waals surface area contributed by atoms with E-state index in [1.54, 1.807) is 28.4 Å². The van der Waals surface area contributed by atoms with Crippen molar-refractivity contribution >= 4 is 22.9 Å². The molecule has 2 aromatic rings. The van der Waals surface area contributed by atoms with Crippen LogP contribution in [0.25, 0.3) is 0 Å². The number of nitrogens with one attached hydrogen (secondary N) is 1. The average Bonchev–Trinajstić information content (AvgIpc) is 2.90. The summed E-state index contributed by atoms with van der Waals surface area (Å²) in [5.74, 6) is 5.37. The number of nitrogens with zero attached hydrogens (tertiary/aromatic N) is 1. The topological polar surface area (TPSA) is 58.4 Å². The summed E-state index contributed by atoms with van der Waals surface area (Å²) in [7, 11) is 1.82. The van der Waals surface area contributed by atoms with Gasteiger partial charge in [0.05, 0.1) is 6.54 Å². The molecule has 0 bridgehead atoms. The molecule has 2 rings (SSSR count). The summed E-state index contributed by atoms with van der Waals surface area (Å²) in [6.07, 6.45) is 0. The van der Waals surface area contributed by atoms with Crippen molar-refractivity contribution in [2.75, 3.05) is 12.5 Å². The van der Waals surface area contributed by atoms with E-state index >= 15 is 0 Å². The van der Waals surface area contributed by atoms with Crippen molar-refractivity contribution in [3.05, 3.63) is 51.7 Å². The number of hydrogen-bond donors (Lipinski definition) is 2. The third-order valence-electron chi connectivity index (χ3n) is 2.94. The fraction of sp³-hybridized carbons (Fsp3) is 0.214. The molecule has 19 heavy (non-hydrogen) atoms. The predicted octanol–water partition coefficient (Wildman–Crippen LogP) is 2.61. The molecule has 4 nitrogen and oxygen atoms in total. The Morgan fingerprint density at radius 1 is 1.42 bits per heavy atom. The lowest BCUT2D eigenvalue weighted by atomic mass is 10.1. The molecule has 0 aliphatic rings. The van der Waals surface area contributed by atoms with Gasteiger partial charge in [0.25, 0.3) is 5.91 Å². The van der Waals surface area contributed by atoms with Crippen LogP contribution in [0.2, 0.25) is 0 Å². The molecule has 100 valence electrons. The fourth-order valence-electron chi connectivity index (χ4n) is 1.91. The van der Waals surface area contributed by atoms with Gasteiger partial charge in [-0.2, -0.15) is 0 Å². The maximum Gasteiger partial charge on any atom is 0.254 e. The van der Waals surface area contributed by atoms with Crippen LogP contribution >= 0.6 is 11.3 Å². The van der Waals surface area contributed by atoms with Gasteiger partial charge in [-0.1, -0.05) is 6.07 Å². The van der Waals surface area contributed by atoms with E-state index in [4.69, 9.17) is 5.84 Å². The van der Waals surface area contributed by atoms with Crippen LogP contribution in [-0.2, 0) is 6.54 Å². The van der Waals surface area contributed by atoms with Gasteiger partial charge < -0.3 is 10.3 Å². The van der Waals surface area contributed by atoms with Gasteiger partial charge in [-0.25, -0.2) is 0 Å². The van der Waals surface area contributed by atoms with E-state index in [2.05, 4.69) is 5.43 Å². The molecule has 3 N–H and O–H groups in total. The van der Waals surface area contributed by atoms with E-state index in [0.717, 1.165) is 11.3 Å². The zero-order chi connectivity index (χ0) is 13.8. The van der Waals surface area contributed by atoms with Crippen LogP contribution in [0.15, 0.2) is 35.7 Å². The molecular formula is C14H17N3OS. The maximum atomic E-state index is 12.4. The minimum Gasteiger partial charge on any atom is -0.337 e. The number of hydrazine groups is 1. The van der Waals surface area contributed by atoms with E-state index in [-0.39, 0.29) is 5.91 Å². The van der Waals surface area contributed by atoms with Gasteiger partial charge in [0, 0.05) is 23.2 Å². The Morgan fingerprint density at radius 2 is 2.21 bits per heavy atom. The number of anilines is 1. The number of aryl methyl sites for hydroxylation is 1. The molecule has 0 radical (unpaired) electrons. The Labute approximate surface area is 116 Å². The highest BCUT2D eigenvalue weighted by atomic mass is 32.1. The second-order valence-corrected chi connectivity index (χ2v) is 5.45. The highest BCUT2D eigenvalue weighted by molar-refractivity contribution is 7.09. The Balaban J connectivity index is 2.14. The molecule has 5 heteroatoms. The first-order valence-corrected chi connectivity index (χ1v) is 6.85. The molecular weight excluding hydrogens is 258 g/mol. The second-order valence-electron chi connectivity index (χ2n) is 4.41. The van der Waals surface area contributed by atoms with Gasteiger partial charge in [-0.3, -0.25) is 10.6 Å². The SMILES string of the molecule is Cc1cc(NN)ccc1C(=O)N(C)Cc1cccs1. The Morgan fingerprint density at radius 3 is 2.79 bits per heavy atom. The second kappa shape index (κ2) is 5.86. The van der Waals surface area contributed by atoms with Gasteiger partial charge in [-0.05, 0) is 42.1 Å². The first-order chi connectivity index (χ1) is 9.11. The lowest BCUT2D eigenvalue weighted by Crippen LogP contribution is -2.26. The van der Waals surface area contributed by atoms with Crippen LogP contribution in [0, 0.1) is 6.92 Å². The summed E-state index contributed by atoms with van der Waals surface area (Å²) in [4.78, 5) is 15.3. The molecule has 0 saturated carbocycles. The number of benzene rings is 1. The highest BCUT2D eigenvalue weighted by Gasteiger charge is 2.14.